The average Bonchev–Trinajstić information content (AvgIpc) is 2.29. The number of aliphatic hydroxyl groups is 1. The maximum Gasteiger partial charge on any atom is 0.220 e. The Labute approximate surface area is 97.4 Å². The van der Waals surface area contributed by atoms with Gasteiger partial charge in [0.2, 0.25) is 5.91 Å². The lowest BCUT2D eigenvalue weighted by Gasteiger charge is -2.34. The first-order valence-corrected chi connectivity index (χ1v) is 6.08. The van der Waals surface area contributed by atoms with Gasteiger partial charge in [0.1, 0.15) is 0 Å². The molecule has 1 aliphatic heterocycles. The summed E-state index contributed by atoms with van der Waals surface area (Å²) >= 11 is 0. The number of β-amino-alcohol motifs (C(OH)–C–C–N with tert-alkyl or cyclic N) is 1. The normalized spacial score (nSPS) is 18.6. The predicted octanol–water partition coefficient (Wildman–Crippen LogP) is -0.530. The van der Waals surface area contributed by atoms with Gasteiger partial charge in [0.25, 0.3) is 0 Å². The molecule has 0 saturated carbocycles. The lowest BCUT2D eigenvalue weighted by molar-refractivity contribution is -0.121. The standard InChI is InChI=1S/C11H23N3O2/c1-2-3-11(16)12-10-14-6-4-13(5-7-14)8-9-15/h15H,2-10H2,1H3,(H,12,16). The summed E-state index contributed by atoms with van der Waals surface area (Å²) in [5, 5.41) is 11.7. The summed E-state index contributed by atoms with van der Waals surface area (Å²) in [6.45, 7) is 7.54. The van der Waals surface area contributed by atoms with E-state index in [9.17, 15) is 4.79 Å². The molecule has 1 aliphatic rings. The second kappa shape index (κ2) is 7.60. The van der Waals surface area contributed by atoms with Gasteiger partial charge in [-0.15, -0.1) is 0 Å². The Morgan fingerprint density at radius 2 is 1.88 bits per heavy atom. The molecule has 1 heterocycles. The lowest BCUT2D eigenvalue weighted by atomic mass is 10.3. The summed E-state index contributed by atoms with van der Waals surface area (Å²) in [5.41, 5.74) is 0. The van der Waals surface area contributed by atoms with Gasteiger partial charge in [-0.25, -0.2) is 0 Å². The summed E-state index contributed by atoms with van der Waals surface area (Å²) in [7, 11) is 0. The quantitative estimate of drug-likeness (QED) is 0.643. The van der Waals surface area contributed by atoms with E-state index in [-0.39, 0.29) is 12.5 Å². The Balaban J connectivity index is 2.10. The van der Waals surface area contributed by atoms with Crippen LogP contribution in [0.4, 0.5) is 0 Å². The summed E-state index contributed by atoms with van der Waals surface area (Å²) in [4.78, 5) is 15.7. The Hall–Kier alpha value is -0.650. The molecule has 16 heavy (non-hydrogen) atoms. The van der Waals surface area contributed by atoms with E-state index in [1.165, 1.54) is 0 Å². The molecular formula is C11H23N3O2. The minimum atomic E-state index is 0.139. The van der Waals surface area contributed by atoms with Crippen molar-refractivity contribution in [2.75, 3.05) is 46.0 Å². The van der Waals surface area contributed by atoms with E-state index < -0.39 is 0 Å². The highest BCUT2D eigenvalue weighted by atomic mass is 16.3. The van der Waals surface area contributed by atoms with Crippen molar-refractivity contribution in [1.82, 2.24) is 15.1 Å². The second-order valence-corrected chi connectivity index (χ2v) is 4.19. The van der Waals surface area contributed by atoms with Gasteiger partial charge in [0.05, 0.1) is 13.3 Å². The number of aliphatic hydroxyl groups excluding tert-OH is 1. The number of nitrogens with one attached hydrogen (secondary N) is 1. The monoisotopic (exact) mass is 229 g/mol. The highest BCUT2D eigenvalue weighted by Crippen LogP contribution is 1.99. The van der Waals surface area contributed by atoms with E-state index in [1.54, 1.807) is 0 Å². The van der Waals surface area contributed by atoms with Gasteiger partial charge in [-0.05, 0) is 6.42 Å². The molecule has 0 spiro atoms. The molecule has 0 bridgehead atoms. The second-order valence-electron chi connectivity index (χ2n) is 4.19. The van der Waals surface area contributed by atoms with E-state index in [2.05, 4.69) is 15.1 Å². The number of piperazine rings is 1. The van der Waals surface area contributed by atoms with Crippen LogP contribution >= 0.6 is 0 Å². The molecule has 0 atom stereocenters. The topological polar surface area (TPSA) is 55.8 Å². The molecule has 0 radical (unpaired) electrons. The molecule has 0 aromatic heterocycles. The van der Waals surface area contributed by atoms with Gasteiger partial charge in [-0.3, -0.25) is 14.6 Å². The Morgan fingerprint density at radius 3 is 2.44 bits per heavy atom. The molecule has 0 unspecified atom stereocenters. The van der Waals surface area contributed by atoms with Gasteiger partial charge >= 0.3 is 0 Å². The largest absolute Gasteiger partial charge is 0.395 e. The van der Waals surface area contributed by atoms with Crippen LogP contribution in [0.2, 0.25) is 0 Å². The van der Waals surface area contributed by atoms with E-state index in [4.69, 9.17) is 5.11 Å². The minimum absolute atomic E-state index is 0.139. The molecule has 1 amide bonds. The van der Waals surface area contributed by atoms with Crippen LogP contribution in [0.5, 0.6) is 0 Å². The van der Waals surface area contributed by atoms with Crippen LogP contribution in [0.1, 0.15) is 19.8 Å². The van der Waals surface area contributed by atoms with Gasteiger partial charge in [-0.1, -0.05) is 6.92 Å². The van der Waals surface area contributed by atoms with E-state index in [1.807, 2.05) is 6.92 Å². The molecule has 1 saturated heterocycles. The molecule has 0 aromatic carbocycles. The van der Waals surface area contributed by atoms with Crippen molar-refractivity contribution in [3.63, 3.8) is 0 Å². The van der Waals surface area contributed by atoms with Crippen LogP contribution in [0, 0.1) is 0 Å². The third-order valence-electron chi connectivity index (χ3n) is 2.86. The molecule has 2 N–H and O–H groups in total. The van der Waals surface area contributed by atoms with Gasteiger partial charge in [0, 0.05) is 39.1 Å². The van der Waals surface area contributed by atoms with Crippen LogP contribution in [0.25, 0.3) is 0 Å². The van der Waals surface area contributed by atoms with Crippen molar-refractivity contribution >= 4 is 5.91 Å². The summed E-state index contributed by atoms with van der Waals surface area (Å²) in [6, 6.07) is 0. The van der Waals surface area contributed by atoms with Crippen molar-refractivity contribution in [2.45, 2.75) is 19.8 Å². The van der Waals surface area contributed by atoms with Crippen LogP contribution in [-0.2, 0) is 4.79 Å². The van der Waals surface area contributed by atoms with Crippen molar-refractivity contribution in [3.05, 3.63) is 0 Å². The highest BCUT2D eigenvalue weighted by Gasteiger charge is 2.16. The number of rotatable bonds is 6. The number of nitrogens with zero attached hydrogens (tertiary/aromatic N) is 2. The molecule has 0 aliphatic carbocycles. The Morgan fingerprint density at radius 1 is 1.25 bits per heavy atom. The molecular weight excluding hydrogens is 206 g/mol. The third kappa shape index (κ3) is 4.92. The average molecular weight is 229 g/mol. The number of carbonyl (C=O) groups is 1. The Kier molecular flexibility index (Phi) is 6.37. The first-order chi connectivity index (χ1) is 7.76. The molecule has 1 fully saturated rings. The third-order valence-corrected chi connectivity index (χ3v) is 2.86. The first-order valence-electron chi connectivity index (χ1n) is 6.08. The minimum Gasteiger partial charge on any atom is -0.395 e. The maximum absolute atomic E-state index is 11.3. The first kappa shape index (κ1) is 13.4. The molecule has 5 nitrogen and oxygen atoms in total. The van der Waals surface area contributed by atoms with Crippen LogP contribution in [0.15, 0.2) is 0 Å². The van der Waals surface area contributed by atoms with Crippen molar-refractivity contribution in [3.8, 4) is 0 Å². The van der Waals surface area contributed by atoms with Crippen LogP contribution in [-0.4, -0.2) is 66.8 Å². The number of hydrogen-bond donors (Lipinski definition) is 2. The zero-order valence-corrected chi connectivity index (χ0v) is 10.1. The maximum atomic E-state index is 11.3. The molecule has 1 rings (SSSR count). The fourth-order valence-corrected chi connectivity index (χ4v) is 1.83. The molecule has 0 aromatic rings. The van der Waals surface area contributed by atoms with E-state index in [0.717, 1.165) is 39.1 Å². The fourth-order valence-electron chi connectivity index (χ4n) is 1.83. The smallest absolute Gasteiger partial charge is 0.220 e. The Bertz CT molecular complexity index is 203. The van der Waals surface area contributed by atoms with E-state index in [0.29, 0.717) is 13.1 Å². The zero-order chi connectivity index (χ0) is 11.8. The number of carbonyl (C=O) groups excluding carboxylic acids is 1. The van der Waals surface area contributed by atoms with Crippen LogP contribution in [0.3, 0.4) is 0 Å². The fraction of sp³-hybridized carbons (Fsp3) is 0.909. The van der Waals surface area contributed by atoms with Gasteiger partial charge in [-0.2, -0.15) is 0 Å². The molecule has 94 valence electrons. The van der Waals surface area contributed by atoms with Crippen molar-refractivity contribution in [2.24, 2.45) is 0 Å². The van der Waals surface area contributed by atoms with Crippen molar-refractivity contribution < 1.29 is 9.90 Å². The van der Waals surface area contributed by atoms with Gasteiger partial charge < -0.3 is 10.4 Å². The van der Waals surface area contributed by atoms with Crippen molar-refractivity contribution in [1.29, 1.82) is 0 Å². The van der Waals surface area contributed by atoms with Crippen LogP contribution < -0.4 is 5.32 Å². The van der Waals surface area contributed by atoms with Gasteiger partial charge in [0.15, 0.2) is 0 Å². The summed E-state index contributed by atoms with van der Waals surface area (Å²) in [5.74, 6) is 0.139. The lowest BCUT2D eigenvalue weighted by Crippen LogP contribution is -2.50. The molecule has 5 heteroatoms. The summed E-state index contributed by atoms with van der Waals surface area (Å²) < 4.78 is 0. The number of amides is 1. The zero-order valence-electron chi connectivity index (χ0n) is 10.1. The highest BCUT2D eigenvalue weighted by molar-refractivity contribution is 5.75. The van der Waals surface area contributed by atoms with E-state index >= 15 is 0 Å². The SMILES string of the molecule is CCCC(=O)NCN1CCN(CCO)CC1. The summed E-state index contributed by atoms with van der Waals surface area (Å²) in [6.07, 6.45) is 1.51. The predicted molar refractivity (Wildman–Crippen MR) is 63.0 cm³/mol. The number of hydrogen-bond acceptors (Lipinski definition) is 4.